The minimum Gasteiger partial charge on any atom is -0.311 e. The lowest BCUT2D eigenvalue weighted by molar-refractivity contribution is 0.542. The van der Waals surface area contributed by atoms with Gasteiger partial charge in [0.25, 0.3) is 0 Å². The summed E-state index contributed by atoms with van der Waals surface area (Å²) in [6.45, 7) is 4.07. The first kappa shape index (κ1) is 9.08. The monoisotopic (exact) mass is 212 g/mol. The highest BCUT2D eigenvalue weighted by atomic mass is 35.5. The van der Waals surface area contributed by atoms with Crippen LogP contribution in [0.2, 0.25) is 5.15 Å². The van der Waals surface area contributed by atoms with Crippen LogP contribution in [0.15, 0.2) is 19.0 Å². The van der Waals surface area contributed by atoms with Gasteiger partial charge in [0.05, 0.1) is 6.33 Å². The molecule has 0 fully saturated rings. The van der Waals surface area contributed by atoms with E-state index in [0.717, 1.165) is 0 Å². The first-order chi connectivity index (χ1) is 6.72. The standard InChI is InChI=1S/C8H6ClFN4/c1-2-3-14-4-11-5-6(9)12-8(10)13-7(5)14/h2,4H,1,3H2. The third kappa shape index (κ3) is 1.35. The molecule has 2 heterocycles. The van der Waals surface area contributed by atoms with Crippen molar-refractivity contribution in [1.29, 1.82) is 0 Å². The fourth-order valence-corrected chi connectivity index (χ4v) is 1.36. The summed E-state index contributed by atoms with van der Waals surface area (Å²) in [5, 5.41) is 0.0234. The molecule has 14 heavy (non-hydrogen) atoms. The quantitative estimate of drug-likeness (QED) is 0.433. The van der Waals surface area contributed by atoms with Gasteiger partial charge in [-0.25, -0.2) is 4.98 Å². The Kier molecular flexibility index (Phi) is 2.17. The smallest absolute Gasteiger partial charge is 0.311 e. The number of imidazole rings is 1. The average Bonchev–Trinajstić information content (AvgIpc) is 2.49. The zero-order valence-electron chi connectivity index (χ0n) is 7.11. The maximum atomic E-state index is 12.8. The van der Waals surface area contributed by atoms with Crippen molar-refractivity contribution in [2.24, 2.45) is 0 Å². The summed E-state index contributed by atoms with van der Waals surface area (Å²) < 4.78 is 14.5. The van der Waals surface area contributed by atoms with Gasteiger partial charge >= 0.3 is 6.08 Å². The van der Waals surface area contributed by atoms with Crippen LogP contribution in [-0.2, 0) is 6.54 Å². The third-order valence-electron chi connectivity index (χ3n) is 1.72. The second-order valence-electron chi connectivity index (χ2n) is 2.64. The van der Waals surface area contributed by atoms with E-state index in [1.54, 1.807) is 10.6 Å². The van der Waals surface area contributed by atoms with Crippen LogP contribution in [0.3, 0.4) is 0 Å². The number of halogens is 2. The van der Waals surface area contributed by atoms with E-state index in [2.05, 4.69) is 21.5 Å². The SMILES string of the molecule is C=CCn1cnc2c(Cl)nc(F)nc21. The summed E-state index contributed by atoms with van der Waals surface area (Å²) in [5.41, 5.74) is 0.775. The maximum absolute atomic E-state index is 12.8. The molecular weight excluding hydrogens is 207 g/mol. The minimum absolute atomic E-state index is 0.0234. The zero-order chi connectivity index (χ0) is 10.1. The molecule has 0 saturated carbocycles. The first-order valence-electron chi connectivity index (χ1n) is 3.87. The lowest BCUT2D eigenvalue weighted by Gasteiger charge is -1.98. The van der Waals surface area contributed by atoms with E-state index in [9.17, 15) is 4.39 Å². The molecular formula is C8H6ClFN4. The highest BCUT2D eigenvalue weighted by Gasteiger charge is 2.10. The van der Waals surface area contributed by atoms with Crippen molar-refractivity contribution in [3.05, 3.63) is 30.2 Å². The van der Waals surface area contributed by atoms with Crippen LogP contribution in [0.4, 0.5) is 4.39 Å². The van der Waals surface area contributed by atoms with Crippen LogP contribution in [0.1, 0.15) is 0 Å². The predicted octanol–water partition coefficient (Wildman–Crippen LogP) is 1.80. The van der Waals surface area contributed by atoms with Gasteiger partial charge in [0.1, 0.15) is 5.52 Å². The van der Waals surface area contributed by atoms with Crippen LogP contribution in [0.5, 0.6) is 0 Å². The molecule has 0 radical (unpaired) electrons. The van der Waals surface area contributed by atoms with Gasteiger partial charge in [0.2, 0.25) is 0 Å². The summed E-state index contributed by atoms with van der Waals surface area (Å²) in [4.78, 5) is 10.9. The molecule has 0 N–H and O–H groups in total. The summed E-state index contributed by atoms with van der Waals surface area (Å²) in [6, 6.07) is 0. The number of rotatable bonds is 2. The molecule has 0 aliphatic carbocycles. The number of hydrogen-bond acceptors (Lipinski definition) is 3. The van der Waals surface area contributed by atoms with E-state index in [1.807, 2.05) is 0 Å². The van der Waals surface area contributed by atoms with E-state index in [4.69, 9.17) is 11.6 Å². The molecule has 4 nitrogen and oxygen atoms in total. The molecule has 2 rings (SSSR count). The fourth-order valence-electron chi connectivity index (χ4n) is 1.16. The second kappa shape index (κ2) is 3.34. The molecule has 0 bridgehead atoms. The van der Waals surface area contributed by atoms with E-state index in [1.165, 1.54) is 6.33 Å². The number of allylic oxidation sites excluding steroid dienone is 1. The number of aromatic nitrogens is 4. The van der Waals surface area contributed by atoms with Crippen LogP contribution in [0, 0.1) is 6.08 Å². The Morgan fingerprint density at radius 3 is 3.07 bits per heavy atom. The van der Waals surface area contributed by atoms with Crippen molar-refractivity contribution in [3.63, 3.8) is 0 Å². The number of nitrogens with zero attached hydrogens (tertiary/aromatic N) is 4. The predicted molar refractivity (Wildman–Crippen MR) is 50.5 cm³/mol. The molecule has 2 aromatic heterocycles. The van der Waals surface area contributed by atoms with E-state index >= 15 is 0 Å². The van der Waals surface area contributed by atoms with Crippen LogP contribution < -0.4 is 0 Å². The topological polar surface area (TPSA) is 43.6 Å². The molecule has 0 aliphatic heterocycles. The van der Waals surface area contributed by atoms with Crippen LogP contribution >= 0.6 is 11.6 Å². The molecule has 6 heteroatoms. The van der Waals surface area contributed by atoms with Gasteiger partial charge in [-0.2, -0.15) is 14.4 Å². The molecule has 72 valence electrons. The molecule has 0 unspecified atom stereocenters. The Labute approximate surface area is 84.1 Å². The van der Waals surface area contributed by atoms with Gasteiger partial charge in [-0.05, 0) is 0 Å². The van der Waals surface area contributed by atoms with E-state index in [0.29, 0.717) is 17.7 Å². The van der Waals surface area contributed by atoms with Gasteiger partial charge in [0.15, 0.2) is 10.8 Å². The second-order valence-corrected chi connectivity index (χ2v) is 3.00. The Hall–Kier alpha value is -1.49. The summed E-state index contributed by atoms with van der Waals surface area (Å²) >= 11 is 5.68. The molecule has 0 atom stereocenters. The molecule has 0 saturated heterocycles. The average molecular weight is 213 g/mol. The maximum Gasteiger partial charge on any atom is 0.312 e. The first-order valence-corrected chi connectivity index (χ1v) is 4.25. The van der Waals surface area contributed by atoms with Gasteiger partial charge in [-0.1, -0.05) is 17.7 Å². The van der Waals surface area contributed by atoms with Crippen molar-refractivity contribution in [2.75, 3.05) is 0 Å². The molecule has 0 aromatic carbocycles. The fraction of sp³-hybridized carbons (Fsp3) is 0.125. The van der Waals surface area contributed by atoms with Crippen LogP contribution in [0.25, 0.3) is 11.2 Å². The Morgan fingerprint density at radius 1 is 1.57 bits per heavy atom. The lowest BCUT2D eigenvalue weighted by Crippen LogP contribution is -1.97. The Bertz CT molecular complexity index is 493. The molecule has 0 amide bonds. The normalized spacial score (nSPS) is 10.7. The lowest BCUT2D eigenvalue weighted by atomic mass is 10.5. The Balaban J connectivity index is 2.71. The third-order valence-corrected chi connectivity index (χ3v) is 1.98. The number of fused-ring (bicyclic) bond motifs is 1. The van der Waals surface area contributed by atoms with Crippen molar-refractivity contribution in [3.8, 4) is 0 Å². The van der Waals surface area contributed by atoms with Gasteiger partial charge in [-0.15, -0.1) is 6.58 Å². The largest absolute Gasteiger partial charge is 0.312 e. The van der Waals surface area contributed by atoms with Gasteiger partial charge in [0, 0.05) is 6.54 Å². The molecule has 0 spiro atoms. The minimum atomic E-state index is -0.853. The highest BCUT2D eigenvalue weighted by molar-refractivity contribution is 6.33. The summed E-state index contributed by atoms with van der Waals surface area (Å²) in [5.74, 6) is 0. The number of hydrogen-bond donors (Lipinski definition) is 0. The summed E-state index contributed by atoms with van der Waals surface area (Å²) in [6.07, 6.45) is 2.33. The van der Waals surface area contributed by atoms with Gasteiger partial charge < -0.3 is 4.57 Å². The van der Waals surface area contributed by atoms with Crippen molar-refractivity contribution in [1.82, 2.24) is 19.5 Å². The van der Waals surface area contributed by atoms with Gasteiger partial charge in [-0.3, -0.25) is 0 Å². The summed E-state index contributed by atoms with van der Waals surface area (Å²) in [7, 11) is 0. The van der Waals surface area contributed by atoms with Crippen LogP contribution in [-0.4, -0.2) is 19.5 Å². The van der Waals surface area contributed by atoms with Crippen molar-refractivity contribution >= 4 is 22.8 Å². The zero-order valence-corrected chi connectivity index (χ0v) is 7.87. The Morgan fingerprint density at radius 2 is 2.36 bits per heavy atom. The molecule has 0 aliphatic rings. The molecule has 2 aromatic rings. The van der Waals surface area contributed by atoms with E-state index in [-0.39, 0.29) is 5.15 Å². The van der Waals surface area contributed by atoms with Crippen molar-refractivity contribution < 1.29 is 4.39 Å². The van der Waals surface area contributed by atoms with E-state index < -0.39 is 6.08 Å². The highest BCUT2D eigenvalue weighted by Crippen LogP contribution is 2.18. The van der Waals surface area contributed by atoms with Crippen molar-refractivity contribution in [2.45, 2.75) is 6.54 Å².